The van der Waals surface area contributed by atoms with Crippen molar-refractivity contribution in [2.75, 3.05) is 13.6 Å². The van der Waals surface area contributed by atoms with Crippen LogP contribution in [0.15, 0.2) is 12.2 Å². The zero-order valence-corrected chi connectivity index (χ0v) is 6.98. The smallest absolute Gasteiger partial charge is 0.00231 e. The van der Waals surface area contributed by atoms with Gasteiger partial charge in [0.2, 0.25) is 0 Å². The van der Waals surface area contributed by atoms with Gasteiger partial charge in [0.25, 0.3) is 0 Å². The summed E-state index contributed by atoms with van der Waals surface area (Å²) in [6, 6.07) is 0. The van der Waals surface area contributed by atoms with Gasteiger partial charge in [-0.2, -0.15) is 0 Å². The molecule has 0 amide bonds. The monoisotopic (exact) mass is 139 g/mol. The molecular formula is C9H17N. The van der Waals surface area contributed by atoms with Crippen molar-refractivity contribution < 1.29 is 0 Å². The lowest BCUT2D eigenvalue weighted by Gasteiger charge is -2.35. The highest BCUT2D eigenvalue weighted by Crippen LogP contribution is 2.37. The van der Waals surface area contributed by atoms with Crippen LogP contribution in [0.4, 0.5) is 0 Å². The molecular weight excluding hydrogens is 122 g/mol. The lowest BCUT2D eigenvalue weighted by Crippen LogP contribution is -2.31. The fourth-order valence-electron chi connectivity index (χ4n) is 1.59. The van der Waals surface area contributed by atoms with E-state index in [1.54, 1.807) is 0 Å². The molecule has 0 radical (unpaired) electrons. The average molecular weight is 139 g/mol. The Hall–Kier alpha value is -0.300. The van der Waals surface area contributed by atoms with Crippen LogP contribution >= 0.6 is 0 Å². The summed E-state index contributed by atoms with van der Waals surface area (Å²) in [5, 5.41) is 3.20. The quantitative estimate of drug-likeness (QED) is 0.588. The van der Waals surface area contributed by atoms with Gasteiger partial charge < -0.3 is 5.32 Å². The zero-order valence-electron chi connectivity index (χ0n) is 6.98. The maximum absolute atomic E-state index is 3.95. The van der Waals surface area contributed by atoms with Crippen LogP contribution in [-0.4, -0.2) is 13.6 Å². The Morgan fingerprint density at radius 1 is 1.60 bits per heavy atom. The second kappa shape index (κ2) is 3.20. The summed E-state index contributed by atoms with van der Waals surface area (Å²) in [5.74, 6) is 1.75. The zero-order chi connectivity index (χ0) is 7.56. The van der Waals surface area contributed by atoms with Crippen LogP contribution in [-0.2, 0) is 0 Å². The molecule has 0 heterocycles. The number of hydrogen-bond donors (Lipinski definition) is 1. The molecule has 0 aromatic rings. The molecule has 1 nitrogen and oxygen atoms in total. The van der Waals surface area contributed by atoms with Crippen molar-refractivity contribution in [1.82, 2.24) is 5.32 Å². The molecule has 0 spiro atoms. The maximum Gasteiger partial charge on any atom is -0.00231 e. The van der Waals surface area contributed by atoms with Gasteiger partial charge in [-0.25, -0.2) is 0 Å². The predicted octanol–water partition coefficient (Wildman–Crippen LogP) is 1.81. The minimum absolute atomic E-state index is 0.832. The Kier molecular flexibility index (Phi) is 2.50. The number of hydrogen-bond acceptors (Lipinski definition) is 1. The van der Waals surface area contributed by atoms with Crippen LogP contribution < -0.4 is 5.32 Å². The van der Waals surface area contributed by atoms with Gasteiger partial charge in [-0.3, -0.25) is 0 Å². The Balaban J connectivity index is 2.12. The van der Waals surface area contributed by atoms with Crippen molar-refractivity contribution in [3.8, 4) is 0 Å². The largest absolute Gasteiger partial charge is 0.319 e. The van der Waals surface area contributed by atoms with Crippen molar-refractivity contribution in [1.29, 1.82) is 0 Å². The molecule has 0 saturated heterocycles. The molecule has 1 aliphatic carbocycles. The summed E-state index contributed by atoms with van der Waals surface area (Å²) in [7, 11) is 2.02. The second-order valence-electron chi connectivity index (χ2n) is 3.44. The van der Waals surface area contributed by atoms with Crippen LogP contribution in [0.3, 0.4) is 0 Å². The van der Waals surface area contributed by atoms with E-state index in [-0.39, 0.29) is 0 Å². The lowest BCUT2D eigenvalue weighted by atomic mass is 9.72. The third-order valence-corrected chi connectivity index (χ3v) is 2.43. The van der Waals surface area contributed by atoms with E-state index in [4.69, 9.17) is 0 Å². The van der Waals surface area contributed by atoms with Gasteiger partial charge in [-0.15, -0.1) is 0 Å². The van der Waals surface area contributed by atoms with Gasteiger partial charge in [-0.05, 0) is 45.2 Å². The lowest BCUT2D eigenvalue weighted by molar-refractivity contribution is 0.225. The fraction of sp³-hybridized carbons (Fsp3) is 0.778. The third kappa shape index (κ3) is 1.60. The van der Waals surface area contributed by atoms with Crippen LogP contribution in [0, 0.1) is 11.8 Å². The fourth-order valence-corrected chi connectivity index (χ4v) is 1.59. The summed E-state index contributed by atoms with van der Waals surface area (Å²) < 4.78 is 0. The molecule has 1 fully saturated rings. The van der Waals surface area contributed by atoms with E-state index in [0.717, 1.165) is 11.8 Å². The molecule has 1 N–H and O–H groups in total. The normalized spacial score (nSPS) is 31.4. The molecule has 0 bridgehead atoms. The minimum Gasteiger partial charge on any atom is -0.319 e. The van der Waals surface area contributed by atoms with Crippen LogP contribution in [0.25, 0.3) is 0 Å². The van der Waals surface area contributed by atoms with Gasteiger partial charge in [0.1, 0.15) is 0 Å². The van der Waals surface area contributed by atoms with Crippen molar-refractivity contribution in [3.63, 3.8) is 0 Å². The predicted molar refractivity (Wildman–Crippen MR) is 45.0 cm³/mol. The maximum atomic E-state index is 3.95. The number of nitrogens with one attached hydrogen (secondary N) is 1. The summed E-state index contributed by atoms with van der Waals surface area (Å²) in [6.45, 7) is 7.27. The van der Waals surface area contributed by atoms with E-state index in [1.807, 2.05) is 7.05 Å². The molecule has 0 aliphatic heterocycles. The van der Waals surface area contributed by atoms with Gasteiger partial charge in [0.15, 0.2) is 0 Å². The summed E-state index contributed by atoms with van der Waals surface area (Å²) >= 11 is 0. The third-order valence-electron chi connectivity index (χ3n) is 2.43. The SMILES string of the molecule is C=C(C)C1CC(CNC)C1. The Bertz CT molecular complexity index is 123. The first-order valence-corrected chi connectivity index (χ1v) is 4.04. The summed E-state index contributed by atoms with van der Waals surface area (Å²) in [4.78, 5) is 0. The van der Waals surface area contributed by atoms with E-state index < -0.39 is 0 Å². The van der Waals surface area contributed by atoms with Crippen LogP contribution in [0.5, 0.6) is 0 Å². The first-order valence-electron chi connectivity index (χ1n) is 4.04. The van der Waals surface area contributed by atoms with Crippen LogP contribution in [0.2, 0.25) is 0 Å². The first kappa shape index (κ1) is 7.80. The van der Waals surface area contributed by atoms with E-state index in [9.17, 15) is 0 Å². The Morgan fingerprint density at radius 2 is 2.20 bits per heavy atom. The molecule has 0 unspecified atom stereocenters. The van der Waals surface area contributed by atoms with E-state index in [2.05, 4.69) is 18.8 Å². The van der Waals surface area contributed by atoms with Gasteiger partial charge in [0, 0.05) is 0 Å². The molecule has 1 rings (SSSR count). The molecule has 1 heteroatoms. The van der Waals surface area contributed by atoms with E-state index in [1.165, 1.54) is 25.0 Å². The Morgan fingerprint density at radius 3 is 2.60 bits per heavy atom. The van der Waals surface area contributed by atoms with Crippen molar-refractivity contribution >= 4 is 0 Å². The highest BCUT2D eigenvalue weighted by Gasteiger charge is 2.28. The van der Waals surface area contributed by atoms with Crippen molar-refractivity contribution in [2.24, 2.45) is 11.8 Å². The van der Waals surface area contributed by atoms with Gasteiger partial charge in [0.05, 0.1) is 0 Å². The number of allylic oxidation sites excluding steroid dienone is 1. The standard InChI is InChI=1S/C9H17N/c1-7(2)9-4-8(5-9)6-10-3/h8-10H,1,4-6H2,2-3H3. The molecule has 10 heavy (non-hydrogen) atoms. The van der Waals surface area contributed by atoms with Gasteiger partial charge >= 0.3 is 0 Å². The highest BCUT2D eigenvalue weighted by molar-refractivity contribution is 5.02. The molecule has 0 aromatic heterocycles. The van der Waals surface area contributed by atoms with E-state index in [0.29, 0.717) is 0 Å². The van der Waals surface area contributed by atoms with E-state index >= 15 is 0 Å². The summed E-state index contributed by atoms with van der Waals surface area (Å²) in [5.41, 5.74) is 1.37. The molecule has 1 saturated carbocycles. The van der Waals surface area contributed by atoms with Crippen LogP contribution in [0.1, 0.15) is 19.8 Å². The molecule has 58 valence electrons. The number of rotatable bonds is 3. The topological polar surface area (TPSA) is 12.0 Å². The second-order valence-corrected chi connectivity index (χ2v) is 3.44. The van der Waals surface area contributed by atoms with Crippen molar-refractivity contribution in [2.45, 2.75) is 19.8 Å². The average Bonchev–Trinajstić information content (AvgIpc) is 1.76. The van der Waals surface area contributed by atoms with Gasteiger partial charge in [-0.1, -0.05) is 12.2 Å². The first-order chi connectivity index (χ1) is 4.74. The minimum atomic E-state index is 0.832. The Labute approximate surface area is 63.5 Å². The molecule has 1 aliphatic rings. The summed E-state index contributed by atoms with van der Waals surface area (Å²) in [6.07, 6.45) is 2.71. The van der Waals surface area contributed by atoms with Crippen molar-refractivity contribution in [3.05, 3.63) is 12.2 Å². The molecule has 0 aromatic carbocycles. The molecule has 0 atom stereocenters. The highest BCUT2D eigenvalue weighted by atomic mass is 14.8.